The summed E-state index contributed by atoms with van der Waals surface area (Å²) in [5, 5.41) is 9.32. The fourth-order valence-electron chi connectivity index (χ4n) is 7.05. The molecular weight excluding hydrogens is 640 g/mol. The number of benzene rings is 2. The van der Waals surface area contributed by atoms with Gasteiger partial charge in [-0.3, -0.25) is 9.59 Å². The van der Waals surface area contributed by atoms with E-state index in [-0.39, 0.29) is 56.8 Å². The van der Waals surface area contributed by atoms with Gasteiger partial charge in [-0.15, -0.1) is 0 Å². The van der Waals surface area contributed by atoms with Crippen molar-refractivity contribution >= 4 is 27.4 Å². The predicted octanol–water partition coefficient (Wildman–Crippen LogP) is 5.73. The first-order chi connectivity index (χ1) is 20.8. The number of carboxylic acid groups (broad SMARTS) is 1. The third-order valence-electron chi connectivity index (χ3n) is 9.44. The Bertz CT molecular complexity index is 1590. The molecule has 7 nitrogen and oxygen atoms in total. The number of rotatable bonds is 5. The van der Waals surface area contributed by atoms with E-state index in [1.165, 1.54) is 16.8 Å². The molecule has 1 N–H and O–H groups in total. The van der Waals surface area contributed by atoms with Crippen LogP contribution in [0.2, 0.25) is 0 Å². The van der Waals surface area contributed by atoms with Gasteiger partial charge in [0, 0.05) is 37.3 Å². The van der Waals surface area contributed by atoms with E-state index in [0.717, 1.165) is 30.3 Å². The van der Waals surface area contributed by atoms with Gasteiger partial charge in [-0.25, -0.2) is 17.2 Å². The number of alkyl halides is 7. The Labute approximate surface area is 252 Å². The molecule has 0 spiro atoms. The predicted molar refractivity (Wildman–Crippen MR) is 143 cm³/mol. The quantitative estimate of drug-likeness (QED) is 0.324. The van der Waals surface area contributed by atoms with Crippen molar-refractivity contribution in [2.75, 3.05) is 25.0 Å². The molecule has 2 atom stereocenters. The summed E-state index contributed by atoms with van der Waals surface area (Å²) in [7, 11) is -3.36. The first kappa shape index (κ1) is 32.9. The zero-order valence-corrected chi connectivity index (χ0v) is 24.4. The summed E-state index contributed by atoms with van der Waals surface area (Å²) in [5.74, 6) is -3.49. The summed E-state index contributed by atoms with van der Waals surface area (Å²) in [5.41, 5.74) is -8.18. The normalized spacial score (nSPS) is 25.9. The second-order valence-electron chi connectivity index (χ2n) is 11.8. The SMILES string of the molecule is CN1C[C@H]2N(C(=O)C3CCC(C(=O)O)CC3)CC[C@@]2(S(=O)(=O)c2ccc(F)cc2)c2ccc(C(F)(C(F)(F)F)C(F)(F)F)cc21. The van der Waals surface area contributed by atoms with E-state index in [2.05, 4.69) is 0 Å². The minimum absolute atomic E-state index is 0.157. The number of amides is 1. The van der Waals surface area contributed by atoms with Gasteiger partial charge in [0.15, 0.2) is 9.84 Å². The van der Waals surface area contributed by atoms with Crippen LogP contribution in [0.15, 0.2) is 47.4 Å². The summed E-state index contributed by atoms with van der Waals surface area (Å²) in [6.45, 7) is -0.514. The Balaban J connectivity index is 1.66. The molecule has 0 radical (unpaired) electrons. The van der Waals surface area contributed by atoms with Crippen molar-refractivity contribution in [2.24, 2.45) is 11.8 Å². The maximum absolute atomic E-state index is 15.1. The monoisotopic (exact) mass is 668 g/mol. The van der Waals surface area contributed by atoms with Crippen molar-refractivity contribution in [3.05, 3.63) is 59.4 Å². The lowest BCUT2D eigenvalue weighted by Crippen LogP contribution is -2.58. The zero-order chi connectivity index (χ0) is 33.3. The van der Waals surface area contributed by atoms with E-state index in [4.69, 9.17) is 0 Å². The highest BCUT2D eigenvalue weighted by molar-refractivity contribution is 7.92. The molecule has 1 aliphatic carbocycles. The summed E-state index contributed by atoms with van der Waals surface area (Å²) in [4.78, 5) is 27.3. The molecule has 0 bridgehead atoms. The van der Waals surface area contributed by atoms with Crippen LogP contribution in [-0.2, 0) is 29.8 Å². The number of likely N-dealkylation sites (tertiary alicyclic amines) is 1. The lowest BCUT2D eigenvalue weighted by Gasteiger charge is -2.47. The molecule has 1 saturated heterocycles. The van der Waals surface area contributed by atoms with Gasteiger partial charge in [-0.2, -0.15) is 26.3 Å². The molecule has 2 aromatic rings. The number of carbonyl (C=O) groups is 2. The van der Waals surface area contributed by atoms with Gasteiger partial charge in [0.1, 0.15) is 10.6 Å². The molecule has 2 aromatic carbocycles. The summed E-state index contributed by atoms with van der Waals surface area (Å²) in [6, 6.07) is 3.83. The van der Waals surface area contributed by atoms with Crippen LogP contribution in [0.5, 0.6) is 0 Å². The molecule has 1 amide bonds. The van der Waals surface area contributed by atoms with Gasteiger partial charge < -0.3 is 14.9 Å². The first-order valence-corrected chi connectivity index (χ1v) is 15.5. The highest BCUT2D eigenvalue weighted by atomic mass is 32.2. The molecule has 1 saturated carbocycles. The number of carboxylic acids is 1. The topological polar surface area (TPSA) is 95.0 Å². The third-order valence-corrected chi connectivity index (χ3v) is 12.0. The maximum atomic E-state index is 15.1. The number of sulfone groups is 1. The first-order valence-electron chi connectivity index (χ1n) is 14.0. The van der Waals surface area contributed by atoms with Crippen LogP contribution in [0, 0.1) is 17.7 Å². The van der Waals surface area contributed by atoms with Crippen LogP contribution in [-0.4, -0.2) is 68.8 Å². The third kappa shape index (κ3) is 4.94. The number of likely N-dealkylation sites (N-methyl/N-ethyl adjacent to an activating group) is 1. The van der Waals surface area contributed by atoms with E-state index in [1.807, 2.05) is 0 Å². The molecule has 2 heterocycles. The van der Waals surface area contributed by atoms with Gasteiger partial charge in [-0.1, -0.05) is 12.1 Å². The van der Waals surface area contributed by atoms with E-state index < -0.39 is 84.3 Å². The van der Waals surface area contributed by atoms with Crippen LogP contribution >= 0.6 is 0 Å². The summed E-state index contributed by atoms with van der Waals surface area (Å²) >= 11 is 0. The maximum Gasteiger partial charge on any atom is 0.435 e. The standard InChI is InChI=1S/C29H28F8N2O5S/c1-38-15-23-26(45(43,44)20-9-7-19(30)8-10-20,12-13-39(23)24(40)16-2-4-17(5-3-16)25(41)42)21-11-6-18(14-22(21)38)27(31,28(32,33)34)29(35,36)37/h6-11,14,16-17,23H,2-5,12-13,15H2,1H3,(H,41,42)/t16?,17?,23-,26-/m1/s1. The zero-order valence-electron chi connectivity index (χ0n) is 23.6. The fourth-order valence-corrected chi connectivity index (χ4v) is 9.35. The molecule has 5 rings (SSSR count). The summed E-state index contributed by atoms with van der Waals surface area (Å²) < 4.78 is 137. The van der Waals surface area contributed by atoms with Crippen molar-refractivity contribution in [2.45, 2.75) is 65.8 Å². The number of aliphatic carboxylic acids is 1. The van der Waals surface area contributed by atoms with Crippen LogP contribution in [0.3, 0.4) is 0 Å². The molecule has 246 valence electrons. The Kier molecular flexibility index (Phi) is 7.93. The Morgan fingerprint density at radius 2 is 1.44 bits per heavy atom. The number of carbonyl (C=O) groups excluding carboxylic acids is 1. The van der Waals surface area contributed by atoms with Gasteiger partial charge in [0.05, 0.1) is 16.9 Å². The number of anilines is 1. The number of nitrogens with zero attached hydrogens (tertiary/aromatic N) is 2. The van der Waals surface area contributed by atoms with Crippen LogP contribution in [0.4, 0.5) is 40.8 Å². The van der Waals surface area contributed by atoms with Crippen LogP contribution in [0.1, 0.15) is 43.2 Å². The largest absolute Gasteiger partial charge is 0.481 e. The lowest BCUT2D eigenvalue weighted by atomic mass is 9.80. The van der Waals surface area contributed by atoms with Gasteiger partial charge >= 0.3 is 24.0 Å². The fraction of sp³-hybridized carbons (Fsp3) is 0.517. The van der Waals surface area contributed by atoms with Gasteiger partial charge in [0.25, 0.3) is 0 Å². The Morgan fingerprint density at radius 1 is 0.889 bits per heavy atom. The van der Waals surface area contributed by atoms with E-state index in [1.54, 1.807) is 0 Å². The molecule has 2 aliphatic heterocycles. The molecule has 45 heavy (non-hydrogen) atoms. The molecule has 16 heteroatoms. The lowest BCUT2D eigenvalue weighted by molar-refractivity contribution is -0.348. The molecule has 3 aliphatic rings. The van der Waals surface area contributed by atoms with Crippen molar-refractivity contribution < 1.29 is 58.2 Å². The minimum atomic E-state index is -6.40. The number of hydrogen-bond acceptors (Lipinski definition) is 5. The van der Waals surface area contributed by atoms with Crippen molar-refractivity contribution in [1.29, 1.82) is 0 Å². The van der Waals surface area contributed by atoms with Crippen LogP contribution in [0.25, 0.3) is 0 Å². The molecular formula is C29H28F8N2O5S. The second-order valence-corrected chi connectivity index (χ2v) is 14.0. The highest BCUT2D eigenvalue weighted by Gasteiger charge is 2.74. The van der Waals surface area contributed by atoms with Crippen molar-refractivity contribution in [3.63, 3.8) is 0 Å². The van der Waals surface area contributed by atoms with Gasteiger partial charge in [-0.05, 0) is 68.0 Å². The molecule has 0 aromatic heterocycles. The Morgan fingerprint density at radius 3 is 1.98 bits per heavy atom. The van der Waals surface area contributed by atoms with Crippen LogP contribution < -0.4 is 4.90 Å². The average molecular weight is 669 g/mol. The molecule has 0 unspecified atom stereocenters. The number of halogens is 8. The van der Waals surface area contributed by atoms with E-state index in [9.17, 15) is 53.8 Å². The minimum Gasteiger partial charge on any atom is -0.481 e. The van der Waals surface area contributed by atoms with E-state index >= 15 is 4.39 Å². The van der Waals surface area contributed by atoms with E-state index in [0.29, 0.717) is 6.07 Å². The van der Waals surface area contributed by atoms with Crippen molar-refractivity contribution in [1.82, 2.24) is 4.90 Å². The highest BCUT2D eigenvalue weighted by Crippen LogP contribution is 2.57. The van der Waals surface area contributed by atoms with Crippen molar-refractivity contribution in [3.8, 4) is 0 Å². The second kappa shape index (κ2) is 10.8. The number of fused-ring (bicyclic) bond motifs is 3. The van der Waals surface area contributed by atoms with Gasteiger partial charge in [0.2, 0.25) is 5.91 Å². The Hall–Kier alpha value is -3.43. The average Bonchev–Trinajstić information content (AvgIpc) is 3.36. The molecule has 2 fully saturated rings. The number of hydrogen-bond donors (Lipinski definition) is 1. The summed E-state index contributed by atoms with van der Waals surface area (Å²) in [6.07, 6.45) is -12.2. The smallest absolute Gasteiger partial charge is 0.435 e.